The van der Waals surface area contributed by atoms with Crippen molar-refractivity contribution in [2.24, 2.45) is 5.92 Å². The molecule has 0 radical (unpaired) electrons. The van der Waals surface area contributed by atoms with Crippen LogP contribution >= 0.6 is 0 Å². The average molecular weight is 267 g/mol. The summed E-state index contributed by atoms with van der Waals surface area (Å²) in [5.41, 5.74) is 0. The summed E-state index contributed by atoms with van der Waals surface area (Å²) < 4.78 is 18.2. The number of nitrogens with one attached hydrogen (secondary N) is 1. The van der Waals surface area contributed by atoms with Gasteiger partial charge < -0.3 is 10.1 Å². The topological polar surface area (TPSA) is 38.3 Å². The van der Waals surface area contributed by atoms with Crippen LogP contribution in [0.1, 0.15) is 33.1 Å². The van der Waals surface area contributed by atoms with Crippen molar-refractivity contribution in [1.82, 2.24) is 5.32 Å². The molecule has 0 aliphatic rings. The van der Waals surface area contributed by atoms with Crippen molar-refractivity contribution in [2.75, 3.05) is 13.2 Å². The van der Waals surface area contributed by atoms with Gasteiger partial charge in [0.15, 0.2) is 0 Å². The Morgan fingerprint density at radius 2 is 2.11 bits per heavy atom. The van der Waals surface area contributed by atoms with Gasteiger partial charge in [0.1, 0.15) is 11.6 Å². The van der Waals surface area contributed by atoms with E-state index >= 15 is 0 Å². The van der Waals surface area contributed by atoms with Crippen LogP contribution in [-0.4, -0.2) is 19.1 Å². The number of amides is 1. The molecule has 106 valence electrons. The van der Waals surface area contributed by atoms with Crippen molar-refractivity contribution < 1.29 is 13.9 Å². The third-order valence-corrected chi connectivity index (χ3v) is 3.14. The second kappa shape index (κ2) is 8.51. The summed E-state index contributed by atoms with van der Waals surface area (Å²) in [6.07, 6.45) is 2.42. The van der Waals surface area contributed by atoms with E-state index in [2.05, 4.69) is 19.2 Å². The number of carbonyl (C=O) groups is 1. The second-order valence-electron chi connectivity index (χ2n) is 4.54. The second-order valence-corrected chi connectivity index (χ2v) is 4.54. The van der Waals surface area contributed by atoms with Gasteiger partial charge in [0.05, 0.1) is 13.0 Å². The molecular weight excluding hydrogens is 245 g/mol. The maximum atomic E-state index is 12.9. The van der Waals surface area contributed by atoms with E-state index in [1.165, 1.54) is 12.1 Å². The molecule has 1 aromatic rings. The minimum Gasteiger partial charge on any atom is -0.493 e. The first-order chi connectivity index (χ1) is 9.15. The van der Waals surface area contributed by atoms with Crippen molar-refractivity contribution in [1.29, 1.82) is 0 Å². The Morgan fingerprint density at radius 1 is 1.37 bits per heavy atom. The molecule has 1 rings (SSSR count). The molecule has 1 amide bonds. The SMILES string of the molecule is CCC(CC)CNC(=O)CCOc1cccc(F)c1. The van der Waals surface area contributed by atoms with Crippen molar-refractivity contribution in [3.05, 3.63) is 30.1 Å². The molecule has 3 nitrogen and oxygen atoms in total. The van der Waals surface area contributed by atoms with Crippen LogP contribution in [0, 0.1) is 11.7 Å². The third kappa shape index (κ3) is 6.22. The summed E-state index contributed by atoms with van der Waals surface area (Å²) >= 11 is 0. The summed E-state index contributed by atoms with van der Waals surface area (Å²) in [4.78, 5) is 11.6. The van der Waals surface area contributed by atoms with E-state index in [-0.39, 0.29) is 24.8 Å². The summed E-state index contributed by atoms with van der Waals surface area (Å²) in [7, 11) is 0. The minimum atomic E-state index is -0.337. The molecule has 0 bridgehead atoms. The van der Waals surface area contributed by atoms with E-state index < -0.39 is 0 Å². The summed E-state index contributed by atoms with van der Waals surface area (Å²) in [6, 6.07) is 5.92. The van der Waals surface area contributed by atoms with Crippen molar-refractivity contribution >= 4 is 5.91 Å². The third-order valence-electron chi connectivity index (χ3n) is 3.14. The lowest BCUT2D eigenvalue weighted by Gasteiger charge is -2.13. The smallest absolute Gasteiger partial charge is 0.223 e. The minimum absolute atomic E-state index is 0.0247. The lowest BCUT2D eigenvalue weighted by Crippen LogP contribution is -2.29. The van der Waals surface area contributed by atoms with Gasteiger partial charge in [-0.3, -0.25) is 4.79 Å². The Balaban J connectivity index is 2.20. The fourth-order valence-corrected chi connectivity index (χ4v) is 1.74. The van der Waals surface area contributed by atoms with Gasteiger partial charge in [-0.05, 0) is 18.1 Å². The predicted octanol–water partition coefficient (Wildman–Crippen LogP) is 3.15. The largest absolute Gasteiger partial charge is 0.493 e. The molecule has 0 aliphatic carbocycles. The van der Waals surface area contributed by atoms with Crippen molar-refractivity contribution in [3.8, 4) is 5.75 Å². The number of halogens is 1. The van der Waals surface area contributed by atoms with E-state index in [0.717, 1.165) is 12.8 Å². The van der Waals surface area contributed by atoms with E-state index in [0.29, 0.717) is 18.2 Å². The van der Waals surface area contributed by atoms with Crippen LogP contribution in [0.25, 0.3) is 0 Å². The highest BCUT2D eigenvalue weighted by atomic mass is 19.1. The lowest BCUT2D eigenvalue weighted by atomic mass is 10.0. The van der Waals surface area contributed by atoms with Crippen molar-refractivity contribution in [3.63, 3.8) is 0 Å². The molecule has 0 heterocycles. The van der Waals surface area contributed by atoms with Gasteiger partial charge in [-0.2, -0.15) is 0 Å². The molecule has 19 heavy (non-hydrogen) atoms. The first kappa shape index (κ1) is 15.5. The Kier molecular flexibility index (Phi) is 6.93. The highest BCUT2D eigenvalue weighted by molar-refractivity contribution is 5.75. The van der Waals surface area contributed by atoms with Gasteiger partial charge in [0, 0.05) is 12.6 Å². The highest BCUT2D eigenvalue weighted by Gasteiger charge is 2.06. The summed E-state index contributed by atoms with van der Waals surface area (Å²) in [6.45, 7) is 5.21. The quantitative estimate of drug-likeness (QED) is 0.785. The highest BCUT2D eigenvalue weighted by Crippen LogP contribution is 2.12. The fourth-order valence-electron chi connectivity index (χ4n) is 1.74. The van der Waals surface area contributed by atoms with Gasteiger partial charge in [0.25, 0.3) is 0 Å². The maximum Gasteiger partial charge on any atom is 0.223 e. The standard InChI is InChI=1S/C15H22FNO2/c1-3-12(4-2)11-17-15(18)8-9-19-14-7-5-6-13(16)10-14/h5-7,10,12H,3-4,8-9,11H2,1-2H3,(H,17,18). The average Bonchev–Trinajstić information content (AvgIpc) is 2.40. The number of rotatable bonds is 8. The monoisotopic (exact) mass is 267 g/mol. The fraction of sp³-hybridized carbons (Fsp3) is 0.533. The zero-order valence-corrected chi connectivity index (χ0v) is 11.6. The zero-order valence-electron chi connectivity index (χ0n) is 11.6. The van der Waals surface area contributed by atoms with Crippen LogP contribution in [0.2, 0.25) is 0 Å². The van der Waals surface area contributed by atoms with Gasteiger partial charge in [-0.1, -0.05) is 32.8 Å². The number of carbonyl (C=O) groups excluding carboxylic acids is 1. The molecule has 1 N–H and O–H groups in total. The Labute approximate surface area is 114 Å². The molecule has 0 unspecified atom stereocenters. The number of hydrogen-bond acceptors (Lipinski definition) is 2. The summed E-state index contributed by atoms with van der Waals surface area (Å²) in [5, 5.41) is 2.89. The number of hydrogen-bond donors (Lipinski definition) is 1. The Morgan fingerprint density at radius 3 is 2.74 bits per heavy atom. The van der Waals surface area contributed by atoms with Gasteiger partial charge in [-0.25, -0.2) is 4.39 Å². The molecule has 0 aliphatic heterocycles. The lowest BCUT2D eigenvalue weighted by molar-refractivity contribution is -0.121. The van der Waals surface area contributed by atoms with Gasteiger partial charge in [0.2, 0.25) is 5.91 Å². The van der Waals surface area contributed by atoms with Crippen LogP contribution < -0.4 is 10.1 Å². The van der Waals surface area contributed by atoms with Gasteiger partial charge >= 0.3 is 0 Å². The van der Waals surface area contributed by atoms with Crippen LogP contribution in [0.15, 0.2) is 24.3 Å². The van der Waals surface area contributed by atoms with E-state index in [9.17, 15) is 9.18 Å². The molecule has 0 aromatic heterocycles. The Bertz CT molecular complexity index is 391. The predicted molar refractivity (Wildman–Crippen MR) is 73.6 cm³/mol. The molecule has 0 saturated heterocycles. The maximum absolute atomic E-state index is 12.9. The van der Waals surface area contributed by atoms with E-state index in [4.69, 9.17) is 4.74 Å². The molecule has 0 saturated carbocycles. The van der Waals surface area contributed by atoms with Gasteiger partial charge in [-0.15, -0.1) is 0 Å². The number of benzene rings is 1. The first-order valence-corrected chi connectivity index (χ1v) is 6.80. The van der Waals surface area contributed by atoms with Crippen LogP contribution in [0.5, 0.6) is 5.75 Å². The van der Waals surface area contributed by atoms with E-state index in [1.807, 2.05) is 0 Å². The molecule has 0 spiro atoms. The van der Waals surface area contributed by atoms with E-state index in [1.54, 1.807) is 12.1 Å². The molecule has 0 atom stereocenters. The Hall–Kier alpha value is -1.58. The molecule has 4 heteroatoms. The molecule has 0 fully saturated rings. The summed E-state index contributed by atoms with van der Waals surface area (Å²) in [5.74, 6) is 0.625. The van der Waals surface area contributed by atoms with Crippen molar-refractivity contribution in [2.45, 2.75) is 33.1 Å². The zero-order chi connectivity index (χ0) is 14.1. The van der Waals surface area contributed by atoms with Crippen LogP contribution in [0.3, 0.4) is 0 Å². The van der Waals surface area contributed by atoms with Crippen LogP contribution in [-0.2, 0) is 4.79 Å². The molecule has 1 aromatic carbocycles. The first-order valence-electron chi connectivity index (χ1n) is 6.80. The molecular formula is C15H22FNO2. The van der Waals surface area contributed by atoms with Crippen LogP contribution in [0.4, 0.5) is 4.39 Å². The normalized spacial score (nSPS) is 10.5. The number of ether oxygens (including phenoxy) is 1.